The van der Waals surface area contributed by atoms with Gasteiger partial charge in [-0.05, 0) is 33.0 Å². The summed E-state index contributed by atoms with van der Waals surface area (Å²) in [5, 5.41) is 0. The van der Waals surface area contributed by atoms with Gasteiger partial charge in [0.2, 0.25) is 5.95 Å². The summed E-state index contributed by atoms with van der Waals surface area (Å²) >= 11 is 0. The number of rotatable bonds is 2. The normalized spacial score (nSPS) is 22.6. The minimum Gasteiger partial charge on any atom is -0.383 e. The Kier molecular flexibility index (Phi) is 4.12. The molecule has 3 heterocycles. The van der Waals surface area contributed by atoms with E-state index in [-0.39, 0.29) is 5.95 Å². The number of likely N-dealkylation sites (tertiary alicyclic amines) is 1. The standard InChI is InChI=1S/C14H25N7/c1-19-4-2-11(3-5-19)20-6-8-21(9-7-20)13-10-12(15)17-14(16)18-13/h10-11H,2-9H2,1H3,(H4,15,16,17,18). The molecule has 0 aromatic carbocycles. The first-order valence-corrected chi connectivity index (χ1v) is 7.69. The molecule has 2 saturated heterocycles. The van der Waals surface area contributed by atoms with Crippen molar-refractivity contribution in [2.24, 2.45) is 0 Å². The smallest absolute Gasteiger partial charge is 0.223 e. The van der Waals surface area contributed by atoms with Crippen LogP contribution in [0.5, 0.6) is 0 Å². The number of nitrogen functional groups attached to an aromatic ring is 2. The van der Waals surface area contributed by atoms with Crippen LogP contribution in [0.4, 0.5) is 17.6 Å². The van der Waals surface area contributed by atoms with E-state index in [1.807, 2.05) is 6.07 Å². The van der Waals surface area contributed by atoms with Gasteiger partial charge in [-0.1, -0.05) is 0 Å². The Balaban J connectivity index is 1.57. The summed E-state index contributed by atoms with van der Waals surface area (Å²) in [7, 11) is 2.21. The fourth-order valence-corrected chi connectivity index (χ4v) is 3.31. The van der Waals surface area contributed by atoms with Gasteiger partial charge >= 0.3 is 0 Å². The maximum absolute atomic E-state index is 5.75. The Hall–Kier alpha value is -1.60. The van der Waals surface area contributed by atoms with Crippen LogP contribution in [-0.4, -0.2) is 72.1 Å². The van der Waals surface area contributed by atoms with Crippen molar-refractivity contribution in [2.75, 3.05) is 62.7 Å². The first-order chi connectivity index (χ1) is 10.1. The van der Waals surface area contributed by atoms with Gasteiger partial charge in [0, 0.05) is 38.3 Å². The zero-order chi connectivity index (χ0) is 14.8. The van der Waals surface area contributed by atoms with Gasteiger partial charge in [-0.15, -0.1) is 0 Å². The minimum absolute atomic E-state index is 0.253. The predicted octanol–water partition coefficient (Wildman–Crippen LogP) is -0.143. The van der Waals surface area contributed by atoms with E-state index in [2.05, 4.69) is 31.7 Å². The van der Waals surface area contributed by atoms with Crippen molar-refractivity contribution in [1.29, 1.82) is 0 Å². The molecule has 1 aromatic rings. The fraction of sp³-hybridized carbons (Fsp3) is 0.714. The molecule has 2 fully saturated rings. The average Bonchev–Trinajstić information content (AvgIpc) is 2.47. The number of nitrogens with two attached hydrogens (primary N) is 2. The molecule has 0 radical (unpaired) electrons. The van der Waals surface area contributed by atoms with E-state index in [1.54, 1.807) is 0 Å². The van der Waals surface area contributed by atoms with E-state index in [4.69, 9.17) is 11.5 Å². The summed E-state index contributed by atoms with van der Waals surface area (Å²) in [5.41, 5.74) is 11.4. The van der Waals surface area contributed by atoms with E-state index in [0.717, 1.165) is 38.0 Å². The van der Waals surface area contributed by atoms with Gasteiger partial charge < -0.3 is 21.3 Å². The van der Waals surface area contributed by atoms with E-state index in [0.29, 0.717) is 5.82 Å². The van der Waals surface area contributed by atoms with Gasteiger partial charge in [-0.2, -0.15) is 9.97 Å². The van der Waals surface area contributed by atoms with Gasteiger partial charge in [0.1, 0.15) is 11.6 Å². The van der Waals surface area contributed by atoms with Crippen LogP contribution in [0.2, 0.25) is 0 Å². The van der Waals surface area contributed by atoms with Crippen LogP contribution in [0.3, 0.4) is 0 Å². The third-order valence-electron chi connectivity index (χ3n) is 4.59. The highest BCUT2D eigenvalue weighted by molar-refractivity contribution is 5.50. The second-order valence-corrected chi connectivity index (χ2v) is 6.07. The average molecular weight is 291 g/mol. The molecule has 2 aliphatic heterocycles. The molecule has 0 bridgehead atoms. The quantitative estimate of drug-likeness (QED) is 0.784. The Bertz CT molecular complexity index is 456. The summed E-state index contributed by atoms with van der Waals surface area (Å²) in [6.07, 6.45) is 2.56. The van der Waals surface area contributed by atoms with Crippen LogP contribution in [-0.2, 0) is 0 Å². The van der Waals surface area contributed by atoms with Crippen molar-refractivity contribution in [1.82, 2.24) is 19.8 Å². The lowest BCUT2D eigenvalue weighted by Crippen LogP contribution is -2.53. The highest BCUT2D eigenvalue weighted by Crippen LogP contribution is 2.21. The van der Waals surface area contributed by atoms with Crippen LogP contribution >= 0.6 is 0 Å². The lowest BCUT2D eigenvalue weighted by molar-refractivity contribution is 0.115. The molecular weight excluding hydrogens is 266 g/mol. The van der Waals surface area contributed by atoms with Crippen LogP contribution in [0.25, 0.3) is 0 Å². The van der Waals surface area contributed by atoms with Crippen molar-refractivity contribution in [3.63, 3.8) is 0 Å². The number of anilines is 3. The second-order valence-electron chi connectivity index (χ2n) is 6.07. The molecule has 7 heteroatoms. The first-order valence-electron chi connectivity index (χ1n) is 7.69. The minimum atomic E-state index is 0.253. The zero-order valence-corrected chi connectivity index (χ0v) is 12.7. The van der Waals surface area contributed by atoms with Crippen LogP contribution in [0.1, 0.15) is 12.8 Å². The van der Waals surface area contributed by atoms with Crippen molar-refractivity contribution >= 4 is 17.6 Å². The molecule has 0 aliphatic carbocycles. The molecule has 21 heavy (non-hydrogen) atoms. The van der Waals surface area contributed by atoms with Crippen LogP contribution in [0.15, 0.2) is 6.07 Å². The van der Waals surface area contributed by atoms with Crippen molar-refractivity contribution in [3.05, 3.63) is 6.07 Å². The Labute approximate surface area is 125 Å². The lowest BCUT2D eigenvalue weighted by Gasteiger charge is -2.42. The fourth-order valence-electron chi connectivity index (χ4n) is 3.31. The van der Waals surface area contributed by atoms with Crippen molar-refractivity contribution in [3.8, 4) is 0 Å². The first kappa shape index (κ1) is 14.3. The summed E-state index contributed by atoms with van der Waals surface area (Å²) in [4.78, 5) is 15.5. The Morgan fingerprint density at radius 2 is 1.67 bits per heavy atom. The zero-order valence-electron chi connectivity index (χ0n) is 12.7. The molecular formula is C14H25N7. The van der Waals surface area contributed by atoms with E-state index >= 15 is 0 Å². The monoisotopic (exact) mass is 291 g/mol. The number of piperazine rings is 1. The number of hydrogen-bond donors (Lipinski definition) is 2. The number of nitrogens with zero attached hydrogens (tertiary/aromatic N) is 5. The SMILES string of the molecule is CN1CCC(N2CCN(c3cc(N)nc(N)n3)CC2)CC1. The molecule has 0 spiro atoms. The molecule has 7 nitrogen and oxygen atoms in total. The molecule has 116 valence electrons. The van der Waals surface area contributed by atoms with Gasteiger partial charge in [-0.3, -0.25) is 4.90 Å². The van der Waals surface area contributed by atoms with E-state index in [9.17, 15) is 0 Å². The molecule has 1 aromatic heterocycles. The number of hydrogen-bond acceptors (Lipinski definition) is 7. The van der Waals surface area contributed by atoms with Gasteiger partial charge in [-0.25, -0.2) is 0 Å². The number of piperidine rings is 1. The van der Waals surface area contributed by atoms with E-state index in [1.165, 1.54) is 25.9 Å². The molecule has 0 unspecified atom stereocenters. The highest BCUT2D eigenvalue weighted by atomic mass is 15.3. The van der Waals surface area contributed by atoms with Gasteiger partial charge in [0.05, 0.1) is 0 Å². The van der Waals surface area contributed by atoms with Gasteiger partial charge in [0.25, 0.3) is 0 Å². The third-order valence-corrected chi connectivity index (χ3v) is 4.59. The van der Waals surface area contributed by atoms with Crippen LogP contribution < -0.4 is 16.4 Å². The van der Waals surface area contributed by atoms with Gasteiger partial charge in [0.15, 0.2) is 0 Å². The Morgan fingerprint density at radius 3 is 2.29 bits per heavy atom. The molecule has 4 N–H and O–H groups in total. The molecule has 3 rings (SSSR count). The second kappa shape index (κ2) is 6.03. The van der Waals surface area contributed by atoms with Crippen molar-refractivity contribution < 1.29 is 0 Å². The molecule has 0 saturated carbocycles. The Morgan fingerprint density at radius 1 is 1.00 bits per heavy atom. The summed E-state index contributed by atoms with van der Waals surface area (Å²) in [6.45, 7) is 6.54. The predicted molar refractivity (Wildman–Crippen MR) is 85.2 cm³/mol. The maximum atomic E-state index is 5.75. The maximum Gasteiger partial charge on any atom is 0.223 e. The van der Waals surface area contributed by atoms with Crippen LogP contribution in [0, 0.1) is 0 Å². The topological polar surface area (TPSA) is 87.5 Å². The van der Waals surface area contributed by atoms with Crippen molar-refractivity contribution in [2.45, 2.75) is 18.9 Å². The summed E-state index contributed by atoms with van der Waals surface area (Å²) in [6, 6.07) is 2.55. The molecule has 0 atom stereocenters. The number of aromatic nitrogens is 2. The largest absolute Gasteiger partial charge is 0.383 e. The third kappa shape index (κ3) is 3.36. The molecule has 0 amide bonds. The summed E-state index contributed by atoms with van der Waals surface area (Å²) in [5.74, 6) is 1.54. The van der Waals surface area contributed by atoms with E-state index < -0.39 is 0 Å². The lowest BCUT2D eigenvalue weighted by atomic mass is 10.0. The summed E-state index contributed by atoms with van der Waals surface area (Å²) < 4.78 is 0. The molecule has 2 aliphatic rings. The highest BCUT2D eigenvalue weighted by Gasteiger charge is 2.27.